The topological polar surface area (TPSA) is 115 Å². The van der Waals surface area contributed by atoms with Gasteiger partial charge in [0.1, 0.15) is 18.0 Å². The van der Waals surface area contributed by atoms with E-state index in [9.17, 15) is 9.50 Å². The minimum atomic E-state index is -1.15. The molecule has 1 aromatic carbocycles. The van der Waals surface area contributed by atoms with Crippen molar-refractivity contribution in [3.05, 3.63) is 64.3 Å². The van der Waals surface area contributed by atoms with Crippen LogP contribution in [0.1, 0.15) is 42.7 Å². The molecule has 1 aliphatic heterocycles. The number of hydrogen-bond acceptors (Lipinski definition) is 6. The van der Waals surface area contributed by atoms with Gasteiger partial charge in [-0.3, -0.25) is 9.78 Å². The highest BCUT2D eigenvalue weighted by molar-refractivity contribution is 6.30. The Morgan fingerprint density at radius 1 is 1.28 bits per heavy atom. The van der Waals surface area contributed by atoms with E-state index in [0.29, 0.717) is 51.5 Å². The Hall–Kier alpha value is -3.43. The largest absolute Gasteiger partial charge is 0.482 e. The molecular weight excluding hydrogens is 435 g/mol. The van der Waals surface area contributed by atoms with E-state index < -0.39 is 18.0 Å². The molecule has 0 unspecified atom stereocenters. The lowest BCUT2D eigenvalue weighted by molar-refractivity contribution is 0.220. The van der Waals surface area contributed by atoms with E-state index in [2.05, 4.69) is 20.3 Å². The molecule has 0 radical (unpaired) electrons. The summed E-state index contributed by atoms with van der Waals surface area (Å²) in [6.07, 6.45) is 1.38. The number of aromatic nitrogens is 5. The smallest absolute Gasteiger partial charge is 0.166 e. The number of pyridine rings is 1. The van der Waals surface area contributed by atoms with Crippen LogP contribution in [0.2, 0.25) is 5.15 Å². The molecule has 5 rings (SSSR count). The summed E-state index contributed by atoms with van der Waals surface area (Å²) in [6, 6.07) is 6.09. The Morgan fingerprint density at radius 2 is 2.09 bits per heavy atom. The van der Waals surface area contributed by atoms with E-state index in [1.807, 2.05) is 6.92 Å². The lowest BCUT2D eigenvalue weighted by Crippen LogP contribution is -2.11. The van der Waals surface area contributed by atoms with Gasteiger partial charge in [0.25, 0.3) is 0 Å². The van der Waals surface area contributed by atoms with Crippen molar-refractivity contribution in [3.8, 4) is 28.3 Å². The molecule has 2 atom stereocenters. The molecule has 4 aromatic rings. The number of nitrogens with one attached hydrogen (secondary N) is 1. The number of benzene rings is 1. The van der Waals surface area contributed by atoms with Crippen LogP contribution < -0.4 is 10.5 Å². The van der Waals surface area contributed by atoms with E-state index in [-0.39, 0.29) is 11.0 Å². The summed E-state index contributed by atoms with van der Waals surface area (Å²) in [5.41, 5.74) is 9.92. The molecule has 1 aliphatic rings. The molecule has 2 bridgehead atoms. The second kappa shape index (κ2) is 7.61. The number of hydrogen-bond donors (Lipinski definition) is 3. The van der Waals surface area contributed by atoms with Gasteiger partial charge in [-0.25, -0.2) is 9.37 Å². The van der Waals surface area contributed by atoms with Crippen LogP contribution in [0.4, 0.5) is 10.2 Å². The first-order valence-electron chi connectivity index (χ1n) is 10.1. The van der Waals surface area contributed by atoms with Gasteiger partial charge >= 0.3 is 0 Å². The van der Waals surface area contributed by atoms with Crippen molar-refractivity contribution in [3.63, 3.8) is 0 Å². The highest BCUT2D eigenvalue weighted by Crippen LogP contribution is 2.43. The van der Waals surface area contributed by atoms with Gasteiger partial charge in [-0.2, -0.15) is 10.2 Å². The predicted molar refractivity (Wildman–Crippen MR) is 118 cm³/mol. The third-order valence-corrected chi connectivity index (χ3v) is 5.94. The molecule has 0 aliphatic carbocycles. The number of anilines is 1. The molecule has 0 fully saturated rings. The van der Waals surface area contributed by atoms with Crippen molar-refractivity contribution >= 4 is 17.4 Å². The van der Waals surface area contributed by atoms with E-state index >= 15 is 0 Å². The number of nitrogens with zero attached hydrogens (tertiary/aromatic N) is 4. The third-order valence-electron chi connectivity index (χ3n) is 5.66. The van der Waals surface area contributed by atoms with E-state index in [1.165, 1.54) is 18.3 Å². The quantitative estimate of drug-likeness (QED) is 0.395. The Bertz CT molecular complexity index is 1330. The number of fused-ring (bicyclic) bond motifs is 7. The average molecular weight is 455 g/mol. The maximum atomic E-state index is 14.2. The fraction of sp³-hybridized carbons (Fsp3) is 0.227. The summed E-state index contributed by atoms with van der Waals surface area (Å²) in [4.78, 5) is 4.27. The number of rotatable bonds is 1. The van der Waals surface area contributed by atoms with E-state index in [4.69, 9.17) is 22.1 Å². The van der Waals surface area contributed by atoms with Crippen LogP contribution in [-0.4, -0.2) is 30.1 Å². The summed E-state index contributed by atoms with van der Waals surface area (Å²) >= 11 is 6.50. The van der Waals surface area contributed by atoms with Crippen LogP contribution in [0.25, 0.3) is 22.5 Å². The first-order chi connectivity index (χ1) is 15.4. The first kappa shape index (κ1) is 20.5. The molecular formula is C22H20ClFN6O2. The number of nitrogens with two attached hydrogens (primary N) is 1. The average Bonchev–Trinajstić information content (AvgIpc) is 3.38. The summed E-state index contributed by atoms with van der Waals surface area (Å²) in [6.45, 7) is 4.23. The van der Waals surface area contributed by atoms with Crippen molar-refractivity contribution in [1.29, 1.82) is 0 Å². The Kier molecular flexibility index (Phi) is 4.87. The molecule has 32 heavy (non-hydrogen) atoms. The van der Waals surface area contributed by atoms with Crippen molar-refractivity contribution in [2.24, 2.45) is 0 Å². The number of aliphatic hydroxyl groups excluding tert-OH is 1. The van der Waals surface area contributed by atoms with Crippen LogP contribution >= 0.6 is 11.6 Å². The van der Waals surface area contributed by atoms with Gasteiger partial charge < -0.3 is 15.6 Å². The van der Waals surface area contributed by atoms with E-state index in [1.54, 1.807) is 29.9 Å². The molecule has 0 spiro atoms. The first-order valence-corrected chi connectivity index (χ1v) is 10.5. The van der Waals surface area contributed by atoms with Gasteiger partial charge in [0.2, 0.25) is 0 Å². The van der Waals surface area contributed by atoms with Gasteiger partial charge in [-0.15, -0.1) is 0 Å². The van der Waals surface area contributed by atoms with Gasteiger partial charge in [-0.05, 0) is 38.1 Å². The predicted octanol–water partition coefficient (Wildman–Crippen LogP) is 4.26. The second-order valence-corrected chi connectivity index (χ2v) is 7.93. The maximum Gasteiger partial charge on any atom is 0.166 e. The normalized spacial score (nSPS) is 17.4. The van der Waals surface area contributed by atoms with Crippen LogP contribution in [0.5, 0.6) is 5.75 Å². The summed E-state index contributed by atoms with van der Waals surface area (Å²) in [5.74, 6) is 0.104. The van der Waals surface area contributed by atoms with Crippen molar-refractivity contribution in [2.45, 2.75) is 32.6 Å². The van der Waals surface area contributed by atoms with Crippen LogP contribution in [-0.2, 0) is 6.54 Å². The number of aryl methyl sites for hydroxylation is 1. The Labute approximate surface area is 187 Å². The molecule has 164 valence electrons. The molecule has 10 heteroatoms. The van der Waals surface area contributed by atoms with E-state index in [0.717, 1.165) is 0 Å². The third kappa shape index (κ3) is 3.12. The fourth-order valence-corrected chi connectivity index (χ4v) is 4.41. The minimum Gasteiger partial charge on any atom is -0.482 e. The zero-order valence-corrected chi connectivity index (χ0v) is 18.1. The summed E-state index contributed by atoms with van der Waals surface area (Å²) in [5, 5.41) is 23.1. The standard InChI is InChI=1S/C22H20ClFN6O2/c1-3-30-19-11-6-16(22(25)26-8-11)32-10(2)14-7-12(24)4-5-13(14)18-15(9-27-28-18)20(31)17(19)21(23)29-30/h4-10,20,31H,3H2,1-2H3,(H2,25,26)(H,27,28)/t10-,20-/m1/s1. The number of nitrogen functional groups attached to an aromatic ring is 1. The molecule has 8 nitrogen and oxygen atoms in total. The minimum absolute atomic E-state index is 0.158. The molecule has 4 N–H and O–H groups in total. The van der Waals surface area contributed by atoms with Crippen LogP contribution in [0.3, 0.4) is 0 Å². The number of aromatic amines is 1. The highest BCUT2D eigenvalue weighted by atomic mass is 35.5. The lowest BCUT2D eigenvalue weighted by atomic mass is 9.93. The Balaban J connectivity index is 1.86. The molecule has 0 saturated heterocycles. The number of ether oxygens (including phenoxy) is 1. The zero-order chi connectivity index (χ0) is 22.6. The molecule has 0 saturated carbocycles. The fourth-order valence-electron chi connectivity index (χ4n) is 4.13. The lowest BCUT2D eigenvalue weighted by Gasteiger charge is -2.22. The molecule has 4 heterocycles. The monoisotopic (exact) mass is 454 g/mol. The van der Waals surface area contributed by atoms with Crippen LogP contribution in [0, 0.1) is 5.82 Å². The SMILES string of the molecule is CCn1nc(Cl)c2c1-c1cnc(N)c(c1)O[C@H](C)c1cc(F)ccc1-c1[nH]ncc1[C@H]2O. The second-order valence-electron chi connectivity index (χ2n) is 7.57. The summed E-state index contributed by atoms with van der Waals surface area (Å²) in [7, 11) is 0. The van der Waals surface area contributed by atoms with Gasteiger partial charge in [0, 0.05) is 35.0 Å². The van der Waals surface area contributed by atoms with Crippen molar-refractivity contribution < 1.29 is 14.2 Å². The van der Waals surface area contributed by atoms with Gasteiger partial charge in [0.05, 0.1) is 23.1 Å². The van der Waals surface area contributed by atoms with Crippen molar-refractivity contribution in [1.82, 2.24) is 25.0 Å². The van der Waals surface area contributed by atoms with Gasteiger partial charge in [-0.1, -0.05) is 11.6 Å². The maximum absolute atomic E-state index is 14.2. The zero-order valence-electron chi connectivity index (χ0n) is 17.3. The number of aliphatic hydroxyl groups is 1. The molecule has 3 aromatic heterocycles. The molecule has 0 amide bonds. The van der Waals surface area contributed by atoms with Crippen LogP contribution in [0.15, 0.2) is 36.7 Å². The highest BCUT2D eigenvalue weighted by Gasteiger charge is 2.30. The number of halogens is 2. The van der Waals surface area contributed by atoms with Gasteiger partial charge in [0.15, 0.2) is 16.7 Å². The summed E-state index contributed by atoms with van der Waals surface area (Å²) < 4.78 is 22.0. The Morgan fingerprint density at radius 3 is 2.88 bits per heavy atom. The van der Waals surface area contributed by atoms with Crippen molar-refractivity contribution in [2.75, 3.05) is 5.73 Å². The number of H-pyrrole nitrogens is 1.